The Hall–Kier alpha value is -3.72. The molecule has 1 aromatic carbocycles. The van der Waals surface area contributed by atoms with Crippen molar-refractivity contribution in [1.82, 2.24) is 24.6 Å². The van der Waals surface area contributed by atoms with Gasteiger partial charge in [0.15, 0.2) is 17.0 Å². The number of nitrogens with one attached hydrogen (secondary N) is 3. The second-order valence-electron chi connectivity index (χ2n) is 12.0. The molecule has 3 fully saturated rings. The Morgan fingerprint density at radius 1 is 0.955 bits per heavy atom. The van der Waals surface area contributed by atoms with Gasteiger partial charge in [0.05, 0.1) is 17.6 Å². The summed E-state index contributed by atoms with van der Waals surface area (Å²) >= 11 is 0. The van der Waals surface area contributed by atoms with Gasteiger partial charge in [0.25, 0.3) is 0 Å². The van der Waals surface area contributed by atoms with Crippen LogP contribution in [0.4, 0.5) is 39.8 Å². The van der Waals surface area contributed by atoms with E-state index >= 15 is 0 Å². The molecule has 2 saturated carbocycles. The first kappa shape index (κ1) is 30.3. The normalized spacial score (nSPS) is 22.3. The highest BCUT2D eigenvalue weighted by molar-refractivity contribution is 5.85. The molecule has 0 spiro atoms. The molecule has 3 aliphatic rings. The number of carbonyl (C=O) groups is 1. The minimum absolute atomic E-state index is 0.00548. The SMILES string of the molecule is NC1CCC(Nc2nc(NC3CCN(OC(=O)Nc4cc(C(F)(F)F)ccc4F)CC3)c3ncn(C4CCCC4)c3n2)CC1. The number of amides is 1. The third-order valence-electron chi connectivity index (χ3n) is 8.78. The summed E-state index contributed by atoms with van der Waals surface area (Å²) in [7, 11) is 0. The fourth-order valence-corrected chi connectivity index (χ4v) is 6.31. The molecule has 1 amide bonds. The number of hydroxylamine groups is 2. The standard InChI is InChI=1S/C29H37F4N9O2/c30-22-10-5-17(29(31,32)33)15-23(22)38-28(43)44-41-13-11-20(12-14-41)36-25-24-26(42(16-35-24)21-3-1-2-4-21)40-27(39-25)37-19-8-6-18(34)7-9-19/h5,10,15-16,18-21H,1-4,6-9,11-14,34H2,(H,38,43)(H2,36,37,39,40). The average molecular weight is 620 g/mol. The van der Waals surface area contributed by atoms with E-state index in [0.717, 1.165) is 44.2 Å². The van der Waals surface area contributed by atoms with Crippen molar-refractivity contribution in [2.24, 2.45) is 5.73 Å². The van der Waals surface area contributed by atoms with Crippen molar-refractivity contribution in [1.29, 1.82) is 0 Å². The summed E-state index contributed by atoms with van der Waals surface area (Å²) in [5, 5.41) is 10.5. The molecule has 1 aliphatic heterocycles. The number of hydrogen-bond acceptors (Lipinski definition) is 9. The van der Waals surface area contributed by atoms with Gasteiger partial charge in [-0.1, -0.05) is 12.8 Å². The number of carbonyl (C=O) groups excluding carboxylic acids is 1. The van der Waals surface area contributed by atoms with Crippen molar-refractivity contribution >= 4 is 34.7 Å². The third kappa shape index (κ3) is 6.98. The molecule has 3 aromatic rings. The summed E-state index contributed by atoms with van der Waals surface area (Å²) in [6, 6.07) is 2.64. The Morgan fingerprint density at radius 3 is 2.36 bits per heavy atom. The molecule has 5 N–H and O–H groups in total. The second-order valence-corrected chi connectivity index (χ2v) is 12.0. The summed E-state index contributed by atoms with van der Waals surface area (Å²) in [5.41, 5.74) is 5.92. The molecule has 0 atom stereocenters. The Balaban J connectivity index is 1.10. The molecule has 238 valence electrons. The van der Waals surface area contributed by atoms with E-state index in [4.69, 9.17) is 25.5 Å². The fourth-order valence-electron chi connectivity index (χ4n) is 6.31. The third-order valence-corrected chi connectivity index (χ3v) is 8.78. The van der Waals surface area contributed by atoms with Crippen LogP contribution in [0.25, 0.3) is 11.2 Å². The van der Waals surface area contributed by atoms with E-state index in [1.54, 1.807) is 0 Å². The number of nitrogens with zero attached hydrogens (tertiary/aromatic N) is 5. The van der Waals surface area contributed by atoms with Gasteiger partial charge in [0.1, 0.15) is 5.82 Å². The van der Waals surface area contributed by atoms with Crippen LogP contribution in [0.3, 0.4) is 0 Å². The maximum absolute atomic E-state index is 14.0. The largest absolute Gasteiger partial charge is 0.430 e. The zero-order chi connectivity index (χ0) is 30.8. The van der Waals surface area contributed by atoms with Gasteiger partial charge >= 0.3 is 12.3 Å². The van der Waals surface area contributed by atoms with Gasteiger partial charge in [-0.3, -0.25) is 5.32 Å². The lowest BCUT2D eigenvalue weighted by Gasteiger charge is -2.31. The number of alkyl halides is 3. The van der Waals surface area contributed by atoms with Gasteiger partial charge in [-0.2, -0.15) is 23.1 Å². The summed E-state index contributed by atoms with van der Waals surface area (Å²) in [4.78, 5) is 32.0. The van der Waals surface area contributed by atoms with E-state index in [-0.39, 0.29) is 18.1 Å². The highest BCUT2D eigenvalue weighted by atomic mass is 19.4. The number of nitrogens with two attached hydrogens (primary N) is 1. The Bertz CT molecular complexity index is 1460. The first-order valence-electron chi connectivity index (χ1n) is 15.3. The molecule has 0 bridgehead atoms. The lowest BCUT2D eigenvalue weighted by molar-refractivity contribution is -0.137. The van der Waals surface area contributed by atoms with Crippen LogP contribution >= 0.6 is 0 Å². The maximum Gasteiger partial charge on any atom is 0.430 e. The maximum atomic E-state index is 14.0. The molecule has 15 heteroatoms. The topological polar surface area (TPSA) is 135 Å². The smallest absolute Gasteiger partial charge is 0.365 e. The van der Waals surface area contributed by atoms with Crippen LogP contribution in [-0.2, 0) is 11.0 Å². The van der Waals surface area contributed by atoms with Gasteiger partial charge in [-0.25, -0.2) is 14.2 Å². The van der Waals surface area contributed by atoms with Gasteiger partial charge in [0, 0.05) is 37.3 Å². The molecule has 11 nitrogen and oxygen atoms in total. The van der Waals surface area contributed by atoms with E-state index < -0.39 is 29.3 Å². The van der Waals surface area contributed by atoms with E-state index in [9.17, 15) is 22.4 Å². The van der Waals surface area contributed by atoms with Gasteiger partial charge in [-0.15, -0.1) is 5.06 Å². The number of fused-ring (bicyclic) bond motifs is 1. The van der Waals surface area contributed by atoms with Crippen molar-refractivity contribution < 1.29 is 27.2 Å². The molecule has 3 heterocycles. The van der Waals surface area contributed by atoms with E-state index in [0.29, 0.717) is 67.5 Å². The van der Waals surface area contributed by atoms with Gasteiger partial charge < -0.3 is 25.8 Å². The second kappa shape index (κ2) is 12.7. The predicted molar refractivity (Wildman–Crippen MR) is 156 cm³/mol. The molecule has 6 rings (SSSR count). The van der Waals surface area contributed by atoms with E-state index in [2.05, 4.69) is 20.5 Å². The van der Waals surface area contributed by atoms with Gasteiger partial charge in [0.2, 0.25) is 5.95 Å². The molecule has 0 radical (unpaired) electrons. The molecule has 1 saturated heterocycles. The highest BCUT2D eigenvalue weighted by Crippen LogP contribution is 2.34. The number of benzene rings is 1. The Morgan fingerprint density at radius 2 is 1.66 bits per heavy atom. The van der Waals surface area contributed by atoms with Gasteiger partial charge in [-0.05, 0) is 69.6 Å². The minimum Gasteiger partial charge on any atom is -0.365 e. The van der Waals surface area contributed by atoms with E-state index in [1.165, 1.54) is 17.9 Å². The molecule has 44 heavy (non-hydrogen) atoms. The van der Waals surface area contributed by atoms with Crippen LogP contribution in [0.2, 0.25) is 0 Å². The first-order valence-corrected chi connectivity index (χ1v) is 15.3. The summed E-state index contributed by atoms with van der Waals surface area (Å²) in [5.74, 6) is 0.198. The van der Waals surface area contributed by atoms with Crippen LogP contribution in [0.5, 0.6) is 0 Å². The van der Waals surface area contributed by atoms with Crippen LogP contribution < -0.4 is 21.7 Å². The first-order chi connectivity index (χ1) is 21.1. The number of anilines is 3. The van der Waals surface area contributed by atoms with Crippen molar-refractivity contribution in [3.8, 4) is 0 Å². The van der Waals surface area contributed by atoms with Crippen LogP contribution in [0.1, 0.15) is 75.8 Å². The van der Waals surface area contributed by atoms with Crippen LogP contribution in [0.15, 0.2) is 24.5 Å². The molecular formula is C29H37F4N9O2. The lowest BCUT2D eigenvalue weighted by Crippen LogP contribution is -2.41. The monoisotopic (exact) mass is 619 g/mol. The van der Waals surface area contributed by atoms with E-state index in [1.807, 2.05) is 6.33 Å². The molecule has 2 aromatic heterocycles. The van der Waals surface area contributed by atoms with Crippen LogP contribution in [-0.4, -0.2) is 61.9 Å². The highest BCUT2D eigenvalue weighted by Gasteiger charge is 2.32. The number of halogens is 4. The van der Waals surface area contributed by atoms with Crippen molar-refractivity contribution in [2.45, 2.75) is 94.6 Å². The molecule has 2 aliphatic carbocycles. The Labute approximate surface area is 251 Å². The summed E-state index contributed by atoms with van der Waals surface area (Å²) in [6.45, 7) is 0.711. The van der Waals surface area contributed by atoms with Crippen molar-refractivity contribution in [3.05, 3.63) is 35.9 Å². The zero-order valence-electron chi connectivity index (χ0n) is 24.2. The summed E-state index contributed by atoms with van der Waals surface area (Å²) in [6.07, 6.45) is 5.66. The summed E-state index contributed by atoms with van der Waals surface area (Å²) < 4.78 is 55.2. The number of piperidine rings is 1. The fraction of sp³-hybridized carbons (Fsp3) is 0.586. The number of imidazole rings is 1. The van der Waals surface area contributed by atoms with Crippen molar-refractivity contribution in [2.75, 3.05) is 29.0 Å². The molecule has 0 unspecified atom stereocenters. The quantitative estimate of drug-likeness (QED) is 0.241. The zero-order valence-corrected chi connectivity index (χ0v) is 24.2. The Kier molecular flexibility index (Phi) is 8.76. The predicted octanol–water partition coefficient (Wildman–Crippen LogP) is 5.82. The number of aromatic nitrogens is 4. The minimum atomic E-state index is -4.67. The number of rotatable bonds is 7. The average Bonchev–Trinajstić information content (AvgIpc) is 3.66. The van der Waals surface area contributed by atoms with Crippen molar-refractivity contribution in [3.63, 3.8) is 0 Å². The number of hydrogen-bond donors (Lipinski definition) is 4. The lowest BCUT2D eigenvalue weighted by atomic mass is 9.92. The molecular weight excluding hydrogens is 582 g/mol. The van der Waals surface area contributed by atoms with Crippen LogP contribution in [0, 0.1) is 5.82 Å².